The van der Waals surface area contributed by atoms with E-state index < -0.39 is 23.4 Å². The summed E-state index contributed by atoms with van der Waals surface area (Å²) in [5, 5.41) is 2.43. The van der Waals surface area contributed by atoms with Gasteiger partial charge in [-0.25, -0.2) is 9.18 Å². The second kappa shape index (κ2) is 8.16. The van der Waals surface area contributed by atoms with Crippen LogP contribution >= 0.6 is 0 Å². The number of nitrogens with one attached hydrogen (secondary N) is 1. The van der Waals surface area contributed by atoms with E-state index in [-0.39, 0.29) is 18.0 Å². The third-order valence-electron chi connectivity index (χ3n) is 3.80. The molecule has 3 amide bonds. The lowest BCUT2D eigenvalue weighted by Gasteiger charge is -2.35. The molecule has 0 aromatic heterocycles. The molecule has 0 spiro atoms. The fraction of sp³-hybridized carbons (Fsp3) is 0.500. The molecule has 7 nitrogen and oxygen atoms in total. The largest absolute Gasteiger partial charge is 0.444 e. The fourth-order valence-electron chi connectivity index (χ4n) is 2.47. The first-order valence-electron chi connectivity index (χ1n) is 8.46. The number of carbonyl (C=O) groups is 3. The minimum atomic E-state index is -0.636. The quantitative estimate of drug-likeness (QED) is 0.883. The minimum absolute atomic E-state index is 0.102. The number of ether oxygens (including phenoxy) is 1. The van der Waals surface area contributed by atoms with E-state index in [0.717, 1.165) is 0 Å². The highest BCUT2D eigenvalue weighted by Crippen LogP contribution is 2.12. The monoisotopic (exact) mass is 365 g/mol. The topological polar surface area (TPSA) is 79.0 Å². The van der Waals surface area contributed by atoms with Crippen LogP contribution in [0.25, 0.3) is 0 Å². The number of carbonyl (C=O) groups excluding carboxylic acids is 3. The van der Waals surface area contributed by atoms with Crippen LogP contribution in [0.5, 0.6) is 0 Å². The van der Waals surface area contributed by atoms with Gasteiger partial charge in [-0.1, -0.05) is 12.1 Å². The summed E-state index contributed by atoms with van der Waals surface area (Å²) in [4.78, 5) is 39.3. The van der Waals surface area contributed by atoms with Crippen LogP contribution in [0.15, 0.2) is 24.3 Å². The summed E-state index contributed by atoms with van der Waals surface area (Å²) in [7, 11) is 0. The van der Waals surface area contributed by atoms with E-state index in [0.29, 0.717) is 26.2 Å². The van der Waals surface area contributed by atoms with Crippen molar-refractivity contribution in [2.45, 2.75) is 26.4 Å². The zero-order valence-corrected chi connectivity index (χ0v) is 15.3. The average Bonchev–Trinajstić information content (AvgIpc) is 2.58. The van der Waals surface area contributed by atoms with Crippen molar-refractivity contribution >= 4 is 17.9 Å². The fourth-order valence-corrected chi connectivity index (χ4v) is 2.47. The van der Waals surface area contributed by atoms with Gasteiger partial charge in [0.25, 0.3) is 5.91 Å². The second-order valence-electron chi connectivity index (χ2n) is 7.01. The van der Waals surface area contributed by atoms with Crippen LogP contribution in [0.1, 0.15) is 31.1 Å². The van der Waals surface area contributed by atoms with E-state index in [1.807, 2.05) is 0 Å². The highest BCUT2D eigenvalue weighted by Gasteiger charge is 2.27. The molecule has 26 heavy (non-hydrogen) atoms. The Morgan fingerprint density at radius 2 is 1.65 bits per heavy atom. The molecule has 1 aromatic rings. The van der Waals surface area contributed by atoms with Crippen molar-refractivity contribution in [3.05, 3.63) is 35.6 Å². The van der Waals surface area contributed by atoms with Gasteiger partial charge in [-0.2, -0.15) is 0 Å². The van der Waals surface area contributed by atoms with Crippen LogP contribution < -0.4 is 5.32 Å². The molecule has 1 heterocycles. The normalized spacial score (nSPS) is 14.8. The summed E-state index contributed by atoms with van der Waals surface area (Å²) in [6, 6.07) is 5.58. The zero-order chi connectivity index (χ0) is 19.3. The molecule has 8 heteroatoms. The Labute approximate surface area is 152 Å². The lowest BCUT2D eigenvalue weighted by atomic mass is 10.2. The van der Waals surface area contributed by atoms with E-state index in [1.165, 1.54) is 18.2 Å². The maximum absolute atomic E-state index is 13.5. The van der Waals surface area contributed by atoms with Gasteiger partial charge in [-0.3, -0.25) is 9.59 Å². The van der Waals surface area contributed by atoms with Crippen LogP contribution in [0.2, 0.25) is 0 Å². The summed E-state index contributed by atoms with van der Waals surface area (Å²) in [6.45, 7) is 6.60. The summed E-state index contributed by atoms with van der Waals surface area (Å²) in [6.07, 6.45) is -0.405. The van der Waals surface area contributed by atoms with E-state index in [2.05, 4.69) is 5.32 Å². The van der Waals surface area contributed by atoms with Crippen molar-refractivity contribution < 1.29 is 23.5 Å². The molecule has 2 rings (SSSR count). The first kappa shape index (κ1) is 19.7. The van der Waals surface area contributed by atoms with E-state index in [4.69, 9.17) is 4.74 Å². The molecule has 0 bridgehead atoms. The molecule has 0 saturated carbocycles. The maximum Gasteiger partial charge on any atom is 0.410 e. The Morgan fingerprint density at radius 1 is 1.08 bits per heavy atom. The first-order valence-corrected chi connectivity index (χ1v) is 8.46. The van der Waals surface area contributed by atoms with Crippen LogP contribution in [-0.4, -0.2) is 66.0 Å². The molecular weight excluding hydrogens is 341 g/mol. The highest BCUT2D eigenvalue weighted by molar-refractivity contribution is 5.96. The van der Waals surface area contributed by atoms with Crippen molar-refractivity contribution in [3.8, 4) is 0 Å². The number of nitrogens with zero attached hydrogens (tertiary/aromatic N) is 2. The molecule has 0 unspecified atom stereocenters. The molecule has 142 valence electrons. The standard InChI is InChI=1S/C18H24FN3O4/c1-18(2,3)26-17(25)22-10-8-21(9-11-22)15(23)12-20-16(24)13-6-4-5-7-14(13)19/h4-7H,8-12H2,1-3H3,(H,20,24). The Bertz CT molecular complexity index is 679. The van der Waals surface area contributed by atoms with Gasteiger partial charge < -0.3 is 19.9 Å². The second-order valence-corrected chi connectivity index (χ2v) is 7.01. The van der Waals surface area contributed by atoms with Gasteiger partial charge in [0.2, 0.25) is 5.91 Å². The zero-order valence-electron chi connectivity index (χ0n) is 15.3. The number of amides is 3. The third kappa shape index (κ3) is 5.44. The van der Waals surface area contributed by atoms with E-state index in [9.17, 15) is 18.8 Å². The first-order chi connectivity index (χ1) is 12.2. The summed E-state index contributed by atoms with van der Waals surface area (Å²) in [5.41, 5.74) is -0.670. The van der Waals surface area contributed by atoms with Crippen molar-refractivity contribution in [1.82, 2.24) is 15.1 Å². The molecule has 1 aliphatic rings. The van der Waals surface area contributed by atoms with Gasteiger partial charge >= 0.3 is 6.09 Å². The molecule has 1 aromatic carbocycles. The van der Waals surface area contributed by atoms with E-state index in [1.54, 1.807) is 36.6 Å². The number of benzene rings is 1. The van der Waals surface area contributed by atoms with Crippen molar-refractivity contribution in [3.63, 3.8) is 0 Å². The van der Waals surface area contributed by atoms with Gasteiger partial charge in [-0.15, -0.1) is 0 Å². The molecular formula is C18H24FN3O4. The SMILES string of the molecule is CC(C)(C)OC(=O)N1CCN(C(=O)CNC(=O)c2ccccc2F)CC1. The summed E-state index contributed by atoms with van der Waals surface area (Å²) in [5.74, 6) is -1.55. The predicted octanol–water partition coefficient (Wildman–Crippen LogP) is 1.63. The highest BCUT2D eigenvalue weighted by atomic mass is 19.1. The smallest absolute Gasteiger partial charge is 0.410 e. The van der Waals surface area contributed by atoms with Crippen molar-refractivity contribution in [1.29, 1.82) is 0 Å². The molecule has 1 N–H and O–H groups in total. The van der Waals surface area contributed by atoms with Crippen molar-refractivity contribution in [2.75, 3.05) is 32.7 Å². The molecule has 0 radical (unpaired) electrons. The predicted molar refractivity (Wildman–Crippen MR) is 93.1 cm³/mol. The van der Waals surface area contributed by atoms with Gasteiger partial charge in [-0.05, 0) is 32.9 Å². The summed E-state index contributed by atoms with van der Waals surface area (Å²) < 4.78 is 18.9. The lowest BCUT2D eigenvalue weighted by Crippen LogP contribution is -2.53. The summed E-state index contributed by atoms with van der Waals surface area (Å²) >= 11 is 0. The van der Waals surface area contributed by atoms with E-state index >= 15 is 0 Å². The Balaban J connectivity index is 1.79. The molecule has 1 saturated heterocycles. The lowest BCUT2D eigenvalue weighted by molar-refractivity contribution is -0.131. The molecule has 1 fully saturated rings. The number of rotatable bonds is 3. The van der Waals surface area contributed by atoms with Crippen LogP contribution in [0.3, 0.4) is 0 Å². The maximum atomic E-state index is 13.5. The number of halogens is 1. The Kier molecular flexibility index (Phi) is 6.18. The third-order valence-corrected chi connectivity index (χ3v) is 3.80. The van der Waals surface area contributed by atoms with Crippen molar-refractivity contribution in [2.24, 2.45) is 0 Å². The van der Waals surface area contributed by atoms with Crippen LogP contribution in [-0.2, 0) is 9.53 Å². The van der Waals surface area contributed by atoms with Gasteiger partial charge in [0.05, 0.1) is 12.1 Å². The molecule has 1 aliphatic heterocycles. The average molecular weight is 365 g/mol. The van der Waals surface area contributed by atoms with Gasteiger partial charge in [0.15, 0.2) is 0 Å². The minimum Gasteiger partial charge on any atom is -0.444 e. The Hall–Kier alpha value is -2.64. The number of piperazine rings is 1. The molecule has 0 aliphatic carbocycles. The molecule has 0 atom stereocenters. The Morgan fingerprint density at radius 3 is 2.23 bits per heavy atom. The van der Waals surface area contributed by atoms with Gasteiger partial charge in [0.1, 0.15) is 11.4 Å². The van der Waals surface area contributed by atoms with Gasteiger partial charge in [0, 0.05) is 26.2 Å². The van der Waals surface area contributed by atoms with Crippen LogP contribution in [0, 0.1) is 5.82 Å². The van der Waals surface area contributed by atoms with Crippen LogP contribution in [0.4, 0.5) is 9.18 Å². The number of hydrogen-bond acceptors (Lipinski definition) is 4. The number of hydrogen-bond donors (Lipinski definition) is 1.